The first-order valence-electron chi connectivity index (χ1n) is 5.13. The number of nitrogens with zero attached hydrogens (tertiary/aromatic N) is 4. The maximum Gasteiger partial charge on any atom is 0.160 e. The zero-order chi connectivity index (χ0) is 10.7. The van der Waals surface area contributed by atoms with Crippen LogP contribution in [-0.4, -0.2) is 19.7 Å². The molecule has 2 aromatic rings. The van der Waals surface area contributed by atoms with Gasteiger partial charge in [-0.15, -0.1) is 5.10 Å². The molecule has 0 saturated carbocycles. The first-order valence-corrected chi connectivity index (χ1v) is 5.13. The van der Waals surface area contributed by atoms with E-state index < -0.39 is 0 Å². The Labute approximate surface area is 89.0 Å². The van der Waals surface area contributed by atoms with E-state index in [0.717, 1.165) is 30.0 Å². The van der Waals surface area contributed by atoms with Gasteiger partial charge in [-0.25, -0.2) is 4.98 Å². The van der Waals surface area contributed by atoms with Crippen molar-refractivity contribution in [1.29, 1.82) is 0 Å². The van der Waals surface area contributed by atoms with Crippen LogP contribution in [0.1, 0.15) is 24.7 Å². The van der Waals surface area contributed by atoms with Gasteiger partial charge in [0, 0.05) is 18.8 Å². The zero-order valence-electron chi connectivity index (χ0n) is 9.01. The van der Waals surface area contributed by atoms with Gasteiger partial charge in [-0.2, -0.15) is 5.10 Å². The van der Waals surface area contributed by atoms with E-state index in [1.54, 1.807) is 12.4 Å². The Balaban J connectivity index is 2.40. The molecule has 0 fully saturated rings. The predicted octanol–water partition coefficient (Wildman–Crippen LogP) is 1.92. The number of aromatic nitrogens is 4. The predicted molar refractivity (Wildman–Crippen MR) is 57.9 cm³/mol. The van der Waals surface area contributed by atoms with E-state index in [0.29, 0.717) is 0 Å². The molecule has 15 heavy (non-hydrogen) atoms. The van der Waals surface area contributed by atoms with Crippen molar-refractivity contribution in [2.45, 2.75) is 26.7 Å². The smallest absolute Gasteiger partial charge is 0.160 e. The lowest BCUT2D eigenvalue weighted by atomic mass is 10.3. The summed E-state index contributed by atoms with van der Waals surface area (Å²) in [6, 6.07) is 2.01. The van der Waals surface area contributed by atoms with Crippen molar-refractivity contribution in [2.75, 3.05) is 0 Å². The number of aryl methyl sites for hydroxylation is 2. The Morgan fingerprint density at radius 3 is 3.00 bits per heavy atom. The van der Waals surface area contributed by atoms with E-state index in [4.69, 9.17) is 0 Å². The largest absolute Gasteiger partial charge is 0.286 e. The minimum absolute atomic E-state index is 0.843. The molecule has 4 heteroatoms. The molecule has 2 heterocycles. The SMILES string of the molecule is CCCc1nccn1-c1cc(C)cnn1. The van der Waals surface area contributed by atoms with Crippen LogP contribution in [0.3, 0.4) is 0 Å². The molecule has 0 spiro atoms. The molecule has 0 amide bonds. The van der Waals surface area contributed by atoms with E-state index in [-0.39, 0.29) is 0 Å². The van der Waals surface area contributed by atoms with Crippen LogP contribution in [0.15, 0.2) is 24.7 Å². The molecule has 0 aliphatic heterocycles. The first kappa shape index (κ1) is 9.83. The second kappa shape index (κ2) is 4.21. The standard InChI is InChI=1S/C11H14N4/c1-3-4-10-12-5-6-15(10)11-7-9(2)8-13-14-11/h5-8H,3-4H2,1-2H3. The molecule has 0 atom stereocenters. The summed E-state index contributed by atoms with van der Waals surface area (Å²) < 4.78 is 1.99. The third-order valence-electron chi connectivity index (χ3n) is 2.22. The lowest BCUT2D eigenvalue weighted by Crippen LogP contribution is -2.03. The van der Waals surface area contributed by atoms with Crippen LogP contribution >= 0.6 is 0 Å². The highest BCUT2D eigenvalue weighted by Gasteiger charge is 2.05. The maximum atomic E-state index is 4.31. The Bertz CT molecular complexity index is 447. The fraction of sp³-hybridized carbons (Fsp3) is 0.364. The molecule has 0 radical (unpaired) electrons. The molecular formula is C11H14N4. The summed E-state index contributed by atoms with van der Waals surface area (Å²) in [6.45, 7) is 4.15. The van der Waals surface area contributed by atoms with E-state index in [1.165, 1.54) is 0 Å². The normalized spacial score (nSPS) is 10.5. The van der Waals surface area contributed by atoms with Crippen LogP contribution in [0.5, 0.6) is 0 Å². The minimum Gasteiger partial charge on any atom is -0.286 e. The number of imidazole rings is 1. The Kier molecular flexibility index (Phi) is 2.76. The molecule has 78 valence electrons. The van der Waals surface area contributed by atoms with Crippen molar-refractivity contribution in [2.24, 2.45) is 0 Å². The quantitative estimate of drug-likeness (QED) is 0.763. The number of rotatable bonds is 3. The fourth-order valence-corrected chi connectivity index (χ4v) is 1.52. The van der Waals surface area contributed by atoms with Crippen molar-refractivity contribution in [3.05, 3.63) is 36.0 Å². The van der Waals surface area contributed by atoms with E-state index >= 15 is 0 Å². The van der Waals surface area contributed by atoms with E-state index in [2.05, 4.69) is 22.1 Å². The molecule has 4 nitrogen and oxygen atoms in total. The lowest BCUT2D eigenvalue weighted by molar-refractivity contribution is 0.784. The molecule has 0 N–H and O–H groups in total. The van der Waals surface area contributed by atoms with Gasteiger partial charge in [-0.1, -0.05) is 6.92 Å². The highest BCUT2D eigenvalue weighted by Crippen LogP contribution is 2.09. The van der Waals surface area contributed by atoms with Crippen LogP contribution < -0.4 is 0 Å². The van der Waals surface area contributed by atoms with Crippen LogP contribution in [-0.2, 0) is 6.42 Å². The van der Waals surface area contributed by atoms with Gasteiger partial charge in [0.05, 0.1) is 6.20 Å². The molecule has 0 aliphatic rings. The van der Waals surface area contributed by atoms with Gasteiger partial charge in [-0.3, -0.25) is 4.57 Å². The van der Waals surface area contributed by atoms with Crippen molar-refractivity contribution >= 4 is 0 Å². The van der Waals surface area contributed by atoms with E-state index in [9.17, 15) is 0 Å². The first-order chi connectivity index (χ1) is 7.31. The zero-order valence-corrected chi connectivity index (χ0v) is 9.01. The Hall–Kier alpha value is -1.71. The summed E-state index contributed by atoms with van der Waals surface area (Å²) in [5, 5.41) is 8.04. The van der Waals surface area contributed by atoms with Crippen LogP contribution in [0.4, 0.5) is 0 Å². The summed E-state index contributed by atoms with van der Waals surface area (Å²) in [5.74, 6) is 1.88. The molecule has 0 aliphatic carbocycles. The van der Waals surface area contributed by atoms with Gasteiger partial charge in [0.1, 0.15) is 5.82 Å². The summed E-state index contributed by atoms with van der Waals surface area (Å²) in [6.07, 6.45) is 7.52. The summed E-state index contributed by atoms with van der Waals surface area (Å²) in [7, 11) is 0. The average molecular weight is 202 g/mol. The Morgan fingerprint density at radius 2 is 2.27 bits per heavy atom. The number of hydrogen-bond donors (Lipinski definition) is 0. The van der Waals surface area contributed by atoms with Gasteiger partial charge in [0.15, 0.2) is 5.82 Å². The second-order valence-electron chi connectivity index (χ2n) is 3.55. The third kappa shape index (κ3) is 2.03. The molecule has 2 aromatic heterocycles. The third-order valence-corrected chi connectivity index (χ3v) is 2.22. The van der Waals surface area contributed by atoms with Gasteiger partial charge < -0.3 is 0 Å². The summed E-state index contributed by atoms with van der Waals surface area (Å²) >= 11 is 0. The second-order valence-corrected chi connectivity index (χ2v) is 3.55. The molecule has 0 unspecified atom stereocenters. The van der Waals surface area contributed by atoms with Crippen LogP contribution in [0.25, 0.3) is 5.82 Å². The average Bonchev–Trinajstić information content (AvgIpc) is 2.66. The number of hydrogen-bond acceptors (Lipinski definition) is 3. The van der Waals surface area contributed by atoms with Gasteiger partial charge >= 0.3 is 0 Å². The topological polar surface area (TPSA) is 43.6 Å². The van der Waals surface area contributed by atoms with Gasteiger partial charge in [0.2, 0.25) is 0 Å². The summed E-state index contributed by atoms with van der Waals surface area (Å²) in [4.78, 5) is 4.31. The fourth-order valence-electron chi connectivity index (χ4n) is 1.52. The van der Waals surface area contributed by atoms with Crippen LogP contribution in [0.2, 0.25) is 0 Å². The van der Waals surface area contributed by atoms with Gasteiger partial charge in [0.25, 0.3) is 0 Å². The van der Waals surface area contributed by atoms with Crippen molar-refractivity contribution in [3.8, 4) is 5.82 Å². The monoisotopic (exact) mass is 202 g/mol. The molecule has 0 saturated heterocycles. The molecule has 2 rings (SSSR count). The minimum atomic E-state index is 0.843. The van der Waals surface area contributed by atoms with Crippen LogP contribution in [0, 0.1) is 6.92 Å². The van der Waals surface area contributed by atoms with Crippen molar-refractivity contribution < 1.29 is 0 Å². The highest BCUT2D eigenvalue weighted by atomic mass is 15.2. The molecule has 0 bridgehead atoms. The van der Waals surface area contributed by atoms with Gasteiger partial charge in [-0.05, 0) is 25.0 Å². The van der Waals surface area contributed by atoms with Crippen molar-refractivity contribution in [1.82, 2.24) is 19.7 Å². The molecule has 0 aromatic carbocycles. The summed E-state index contributed by atoms with van der Waals surface area (Å²) in [5.41, 5.74) is 1.11. The maximum absolute atomic E-state index is 4.31. The lowest BCUT2D eigenvalue weighted by Gasteiger charge is -2.05. The van der Waals surface area contributed by atoms with Crippen molar-refractivity contribution in [3.63, 3.8) is 0 Å². The molecular weight excluding hydrogens is 188 g/mol. The highest BCUT2D eigenvalue weighted by molar-refractivity contribution is 5.26. The Morgan fingerprint density at radius 1 is 1.40 bits per heavy atom. The van der Waals surface area contributed by atoms with E-state index in [1.807, 2.05) is 23.8 Å².